The number of carboxylic acid groups (broad SMARTS) is 1. The van der Waals surface area contributed by atoms with Gasteiger partial charge in [0.2, 0.25) is 11.8 Å². The van der Waals surface area contributed by atoms with Crippen LogP contribution in [0.25, 0.3) is 0 Å². The summed E-state index contributed by atoms with van der Waals surface area (Å²) in [6.45, 7) is 2.10. The second-order valence-electron chi connectivity index (χ2n) is 6.36. The number of thioether (sulfide) groups is 1. The molecule has 0 radical (unpaired) electrons. The van der Waals surface area contributed by atoms with E-state index in [9.17, 15) is 19.5 Å². The zero-order valence-corrected chi connectivity index (χ0v) is 15.7. The summed E-state index contributed by atoms with van der Waals surface area (Å²) in [4.78, 5) is 37.5. The van der Waals surface area contributed by atoms with Crippen molar-refractivity contribution < 1.29 is 19.5 Å². The number of aryl methyl sites for hydroxylation is 1. The van der Waals surface area contributed by atoms with Crippen molar-refractivity contribution in [2.24, 2.45) is 0 Å². The van der Waals surface area contributed by atoms with Gasteiger partial charge in [0, 0.05) is 17.9 Å². The Labute approximate surface area is 161 Å². The highest BCUT2D eigenvalue weighted by Gasteiger charge is 2.36. The maximum absolute atomic E-state index is 12.5. The predicted octanol–water partition coefficient (Wildman–Crippen LogP) is 2.88. The summed E-state index contributed by atoms with van der Waals surface area (Å²) in [6, 6.07) is 14.5. The van der Waals surface area contributed by atoms with Gasteiger partial charge in [0.15, 0.2) is 0 Å². The van der Waals surface area contributed by atoms with Crippen molar-refractivity contribution in [2.45, 2.75) is 12.8 Å². The van der Waals surface area contributed by atoms with E-state index in [1.807, 2.05) is 31.2 Å². The lowest BCUT2D eigenvalue weighted by Crippen LogP contribution is -2.33. The lowest BCUT2D eigenvalue weighted by atomic mass is 10.0. The highest BCUT2D eigenvalue weighted by Crippen LogP contribution is 2.36. The number of carboxylic acids is 1. The molecule has 1 atom stereocenters. The number of rotatable bonds is 6. The summed E-state index contributed by atoms with van der Waals surface area (Å²) in [7, 11) is 0. The lowest BCUT2D eigenvalue weighted by Gasteiger charge is -2.17. The third-order valence-corrected chi connectivity index (χ3v) is 5.28. The molecule has 7 heteroatoms. The van der Waals surface area contributed by atoms with Gasteiger partial charge in [-0.05, 0) is 30.7 Å². The lowest BCUT2D eigenvalue weighted by molar-refractivity contribution is -0.138. The first-order chi connectivity index (χ1) is 13.0. The van der Waals surface area contributed by atoms with Crippen LogP contribution in [-0.2, 0) is 14.4 Å². The van der Waals surface area contributed by atoms with E-state index in [0.717, 1.165) is 11.3 Å². The minimum atomic E-state index is -0.942. The van der Waals surface area contributed by atoms with E-state index in [-0.39, 0.29) is 29.9 Å². The second kappa shape index (κ2) is 8.26. The number of anilines is 2. The molecule has 2 aromatic carbocycles. The van der Waals surface area contributed by atoms with Crippen LogP contribution in [0.1, 0.15) is 17.0 Å². The molecule has 6 nitrogen and oxygen atoms in total. The van der Waals surface area contributed by atoms with Gasteiger partial charge in [0.05, 0.1) is 11.5 Å². The molecular formula is C20H20N2O4S. The molecular weight excluding hydrogens is 364 g/mol. The molecule has 1 unspecified atom stereocenters. The van der Waals surface area contributed by atoms with Crippen LogP contribution in [0.15, 0.2) is 48.5 Å². The summed E-state index contributed by atoms with van der Waals surface area (Å²) >= 11 is 1.21. The zero-order valence-electron chi connectivity index (χ0n) is 14.8. The summed E-state index contributed by atoms with van der Waals surface area (Å²) < 4.78 is 0. The van der Waals surface area contributed by atoms with Gasteiger partial charge in [0.25, 0.3) is 0 Å². The van der Waals surface area contributed by atoms with Gasteiger partial charge in [-0.25, -0.2) is 0 Å². The molecule has 0 aliphatic carbocycles. The molecule has 2 amide bonds. The number of para-hydroxylation sites is 1. The van der Waals surface area contributed by atoms with E-state index >= 15 is 0 Å². The van der Waals surface area contributed by atoms with Gasteiger partial charge in [0.1, 0.15) is 5.92 Å². The van der Waals surface area contributed by atoms with Crippen LogP contribution < -0.4 is 10.2 Å². The molecule has 1 heterocycles. The molecule has 1 aliphatic heterocycles. The minimum Gasteiger partial charge on any atom is -0.481 e. The highest BCUT2D eigenvalue weighted by atomic mass is 32.2. The SMILES string of the molecule is Cc1ccc(NC(=O)CSCC(=O)N2CC(C(=O)O)c3ccccc32)cc1. The second-order valence-corrected chi connectivity index (χ2v) is 7.35. The Hall–Kier alpha value is -2.80. The monoisotopic (exact) mass is 384 g/mol. The van der Waals surface area contributed by atoms with Crippen LogP contribution in [-0.4, -0.2) is 40.9 Å². The number of nitrogens with one attached hydrogen (secondary N) is 1. The standard InChI is InChI=1S/C20H20N2O4S/c1-13-6-8-14(9-7-13)21-18(23)11-27-12-19(24)22-10-16(20(25)26)15-4-2-3-5-17(15)22/h2-9,16H,10-12H2,1H3,(H,21,23)(H,25,26). The number of carbonyl (C=O) groups is 3. The van der Waals surface area contributed by atoms with Crippen molar-refractivity contribution >= 4 is 40.9 Å². The Bertz CT molecular complexity index is 867. The minimum absolute atomic E-state index is 0.113. The first kappa shape index (κ1) is 19.0. The van der Waals surface area contributed by atoms with E-state index < -0.39 is 11.9 Å². The van der Waals surface area contributed by atoms with Crippen LogP contribution in [0.4, 0.5) is 11.4 Å². The molecule has 140 valence electrons. The first-order valence-corrected chi connectivity index (χ1v) is 9.67. The van der Waals surface area contributed by atoms with E-state index in [0.29, 0.717) is 11.3 Å². The van der Waals surface area contributed by atoms with Gasteiger partial charge in [-0.2, -0.15) is 0 Å². The normalized spacial score (nSPS) is 15.3. The Morgan fingerprint density at radius 3 is 2.52 bits per heavy atom. The van der Waals surface area contributed by atoms with E-state index in [4.69, 9.17) is 0 Å². The van der Waals surface area contributed by atoms with Crippen molar-refractivity contribution in [1.82, 2.24) is 0 Å². The summed E-state index contributed by atoms with van der Waals surface area (Å²) in [5.74, 6) is -1.76. The Balaban J connectivity index is 1.53. The van der Waals surface area contributed by atoms with Crippen LogP contribution >= 0.6 is 11.8 Å². The fraction of sp³-hybridized carbons (Fsp3) is 0.250. The third kappa shape index (κ3) is 4.49. The van der Waals surface area contributed by atoms with Gasteiger partial charge in [-0.1, -0.05) is 35.9 Å². The molecule has 2 aromatic rings. The van der Waals surface area contributed by atoms with Crippen molar-refractivity contribution in [2.75, 3.05) is 28.3 Å². The van der Waals surface area contributed by atoms with Gasteiger partial charge < -0.3 is 15.3 Å². The maximum Gasteiger partial charge on any atom is 0.312 e. The average Bonchev–Trinajstić information content (AvgIpc) is 3.04. The molecule has 0 spiro atoms. The number of benzene rings is 2. The smallest absolute Gasteiger partial charge is 0.312 e. The van der Waals surface area contributed by atoms with Crippen molar-refractivity contribution in [3.63, 3.8) is 0 Å². The zero-order chi connectivity index (χ0) is 19.4. The molecule has 1 aliphatic rings. The number of amides is 2. The fourth-order valence-electron chi connectivity index (χ4n) is 3.00. The number of hydrogen-bond acceptors (Lipinski definition) is 4. The van der Waals surface area contributed by atoms with E-state index in [1.54, 1.807) is 24.3 Å². The van der Waals surface area contributed by atoms with Crippen LogP contribution in [0.3, 0.4) is 0 Å². The van der Waals surface area contributed by atoms with Crippen molar-refractivity contribution in [1.29, 1.82) is 0 Å². The Morgan fingerprint density at radius 2 is 1.81 bits per heavy atom. The summed E-state index contributed by atoms with van der Waals surface area (Å²) in [5.41, 5.74) is 3.12. The molecule has 3 rings (SSSR count). The fourth-order valence-corrected chi connectivity index (χ4v) is 3.69. The van der Waals surface area contributed by atoms with Gasteiger partial charge in [-0.15, -0.1) is 11.8 Å². The maximum atomic E-state index is 12.5. The van der Waals surface area contributed by atoms with Crippen molar-refractivity contribution in [3.8, 4) is 0 Å². The number of fused-ring (bicyclic) bond motifs is 1. The molecule has 27 heavy (non-hydrogen) atoms. The molecule has 2 N–H and O–H groups in total. The first-order valence-electron chi connectivity index (χ1n) is 8.52. The van der Waals surface area contributed by atoms with Gasteiger partial charge in [-0.3, -0.25) is 14.4 Å². The molecule has 0 aromatic heterocycles. The van der Waals surface area contributed by atoms with Crippen molar-refractivity contribution in [3.05, 3.63) is 59.7 Å². The number of aliphatic carboxylic acids is 1. The average molecular weight is 384 g/mol. The van der Waals surface area contributed by atoms with Crippen LogP contribution in [0.5, 0.6) is 0 Å². The molecule has 0 saturated carbocycles. The van der Waals surface area contributed by atoms with Crippen LogP contribution in [0, 0.1) is 6.92 Å². The molecule has 0 bridgehead atoms. The highest BCUT2D eigenvalue weighted by molar-refractivity contribution is 8.00. The van der Waals surface area contributed by atoms with Crippen LogP contribution in [0.2, 0.25) is 0 Å². The number of hydrogen-bond donors (Lipinski definition) is 2. The predicted molar refractivity (Wildman–Crippen MR) is 106 cm³/mol. The topological polar surface area (TPSA) is 86.7 Å². The number of nitrogens with zero attached hydrogens (tertiary/aromatic N) is 1. The Morgan fingerprint density at radius 1 is 1.11 bits per heavy atom. The Kier molecular flexibility index (Phi) is 5.81. The summed E-state index contributed by atoms with van der Waals surface area (Å²) in [5, 5.41) is 12.2. The number of carbonyl (C=O) groups excluding carboxylic acids is 2. The molecule has 0 saturated heterocycles. The quantitative estimate of drug-likeness (QED) is 0.800. The van der Waals surface area contributed by atoms with Gasteiger partial charge >= 0.3 is 5.97 Å². The summed E-state index contributed by atoms with van der Waals surface area (Å²) in [6.07, 6.45) is 0. The van der Waals surface area contributed by atoms with E-state index in [1.165, 1.54) is 16.7 Å². The largest absolute Gasteiger partial charge is 0.481 e. The third-order valence-electron chi connectivity index (χ3n) is 4.36. The molecule has 0 fully saturated rings. The van der Waals surface area contributed by atoms with E-state index in [2.05, 4.69) is 5.32 Å².